The molecule has 0 aromatic heterocycles. The number of hydrogen-bond acceptors (Lipinski definition) is 4. The summed E-state index contributed by atoms with van der Waals surface area (Å²) in [7, 11) is 0. The fourth-order valence-corrected chi connectivity index (χ4v) is 3.97. The number of aromatic carboxylic acids is 1. The molecule has 2 amide bonds. The lowest BCUT2D eigenvalue weighted by atomic mass is 9.98. The first-order valence-corrected chi connectivity index (χ1v) is 10.5. The lowest BCUT2D eigenvalue weighted by Gasteiger charge is -2.14. The summed E-state index contributed by atoms with van der Waals surface area (Å²) in [4.78, 5) is 35.4. The summed E-state index contributed by atoms with van der Waals surface area (Å²) in [6.07, 6.45) is -0.948. The highest BCUT2D eigenvalue weighted by Gasteiger charge is 2.29. The molecule has 0 unspecified atom stereocenters. The Morgan fingerprint density at radius 3 is 2.12 bits per heavy atom. The molecule has 1 aliphatic carbocycles. The molecule has 1 aliphatic rings. The monoisotopic (exact) mass is 466 g/mol. The summed E-state index contributed by atoms with van der Waals surface area (Å²) in [6.45, 7) is 0.0114. The summed E-state index contributed by atoms with van der Waals surface area (Å²) in [6, 6.07) is 16.9. The van der Waals surface area contributed by atoms with Gasteiger partial charge in [0.1, 0.15) is 6.61 Å². The van der Waals surface area contributed by atoms with Gasteiger partial charge in [-0.2, -0.15) is 0 Å². The summed E-state index contributed by atoms with van der Waals surface area (Å²) in [5.74, 6) is -4.95. The first kappa shape index (κ1) is 22.9. The van der Waals surface area contributed by atoms with Crippen molar-refractivity contribution in [3.63, 3.8) is 0 Å². The lowest BCUT2D eigenvalue weighted by molar-refractivity contribution is -0.116. The van der Waals surface area contributed by atoms with Gasteiger partial charge in [0.2, 0.25) is 5.91 Å². The van der Waals surface area contributed by atoms with Crippen molar-refractivity contribution in [1.82, 2.24) is 5.32 Å². The summed E-state index contributed by atoms with van der Waals surface area (Å²) in [5, 5.41) is 13.8. The van der Waals surface area contributed by atoms with Gasteiger partial charge in [0, 0.05) is 24.9 Å². The van der Waals surface area contributed by atoms with Crippen LogP contribution in [0.1, 0.15) is 33.8 Å². The SMILES string of the molecule is O=C(CCNC(=O)OCC1c2ccccc2-c2ccccc21)Nc1cc(F)c(F)cc1C(=O)O. The molecule has 0 fully saturated rings. The number of ether oxygens (including phenoxy) is 1. The second-order valence-electron chi connectivity index (χ2n) is 7.67. The van der Waals surface area contributed by atoms with Crippen LogP contribution in [-0.2, 0) is 9.53 Å². The van der Waals surface area contributed by atoms with Gasteiger partial charge in [-0.05, 0) is 28.3 Å². The number of rotatable bonds is 7. The molecule has 0 saturated heterocycles. The first-order valence-electron chi connectivity index (χ1n) is 10.5. The van der Waals surface area contributed by atoms with E-state index >= 15 is 0 Å². The highest BCUT2D eigenvalue weighted by Crippen LogP contribution is 2.44. The van der Waals surface area contributed by atoms with Crippen molar-refractivity contribution in [2.45, 2.75) is 12.3 Å². The standard InChI is InChI=1S/C25H20F2N2O5/c26-20-11-18(24(31)32)22(12-21(20)27)29-23(30)9-10-28-25(33)34-13-19-16-7-3-1-5-14(16)15-6-2-4-8-17(15)19/h1-8,11-12,19H,9-10,13H2,(H,28,33)(H,29,30)(H,31,32). The number of carboxylic acids is 1. The molecule has 9 heteroatoms. The van der Waals surface area contributed by atoms with Gasteiger partial charge in [-0.3, -0.25) is 4.79 Å². The zero-order chi connectivity index (χ0) is 24.2. The molecule has 0 bridgehead atoms. The van der Waals surface area contributed by atoms with Crippen molar-refractivity contribution in [1.29, 1.82) is 0 Å². The van der Waals surface area contributed by atoms with Gasteiger partial charge in [0.25, 0.3) is 0 Å². The van der Waals surface area contributed by atoms with Gasteiger partial charge in [-0.15, -0.1) is 0 Å². The number of halogens is 2. The molecule has 3 aromatic carbocycles. The van der Waals surface area contributed by atoms with Gasteiger partial charge < -0.3 is 20.5 Å². The molecule has 0 saturated carbocycles. The number of nitrogens with one attached hydrogen (secondary N) is 2. The molecule has 7 nitrogen and oxygen atoms in total. The van der Waals surface area contributed by atoms with Crippen molar-refractivity contribution in [3.05, 3.63) is 89.0 Å². The second kappa shape index (κ2) is 9.70. The number of amides is 2. The van der Waals surface area contributed by atoms with Gasteiger partial charge in [-0.25, -0.2) is 18.4 Å². The fourth-order valence-electron chi connectivity index (χ4n) is 3.97. The van der Waals surface area contributed by atoms with E-state index in [1.165, 1.54) is 0 Å². The average Bonchev–Trinajstić information content (AvgIpc) is 3.13. The number of fused-ring (bicyclic) bond motifs is 3. The Balaban J connectivity index is 1.29. The van der Waals surface area contributed by atoms with Crippen LogP contribution in [0.15, 0.2) is 60.7 Å². The molecule has 0 aliphatic heterocycles. The predicted octanol–water partition coefficient (Wildman–Crippen LogP) is 4.53. The van der Waals surface area contributed by atoms with Gasteiger partial charge >= 0.3 is 12.1 Å². The number of carbonyl (C=O) groups is 3. The largest absolute Gasteiger partial charge is 0.478 e. The van der Waals surface area contributed by atoms with Gasteiger partial charge in [0.15, 0.2) is 11.6 Å². The van der Waals surface area contributed by atoms with Crippen LogP contribution < -0.4 is 10.6 Å². The van der Waals surface area contributed by atoms with Crippen molar-refractivity contribution < 1.29 is 33.0 Å². The van der Waals surface area contributed by atoms with E-state index in [-0.39, 0.29) is 31.2 Å². The zero-order valence-electron chi connectivity index (χ0n) is 17.8. The molecule has 34 heavy (non-hydrogen) atoms. The van der Waals surface area contributed by atoms with E-state index in [2.05, 4.69) is 10.6 Å². The van der Waals surface area contributed by atoms with E-state index in [0.717, 1.165) is 22.3 Å². The van der Waals surface area contributed by atoms with Crippen LogP contribution in [0.4, 0.5) is 19.3 Å². The van der Waals surface area contributed by atoms with Crippen LogP contribution in [0.5, 0.6) is 0 Å². The van der Waals surface area contributed by atoms with Gasteiger partial charge in [0.05, 0.1) is 11.3 Å². The summed E-state index contributed by atoms with van der Waals surface area (Å²) < 4.78 is 32.1. The van der Waals surface area contributed by atoms with Crippen molar-refractivity contribution >= 4 is 23.7 Å². The third kappa shape index (κ3) is 4.73. The maximum Gasteiger partial charge on any atom is 0.407 e. The zero-order valence-corrected chi connectivity index (χ0v) is 17.8. The molecule has 0 atom stereocenters. The number of anilines is 1. The van der Waals surface area contributed by atoms with E-state index in [1.807, 2.05) is 48.5 Å². The quantitative estimate of drug-likeness (QED) is 0.475. The highest BCUT2D eigenvalue weighted by molar-refractivity contribution is 6.00. The Bertz CT molecular complexity index is 1230. The number of alkyl carbamates (subject to hydrolysis) is 1. The van der Waals surface area contributed by atoms with E-state index < -0.39 is 35.2 Å². The average molecular weight is 466 g/mol. The first-order chi connectivity index (χ1) is 16.3. The Hall–Kier alpha value is -4.27. The van der Waals surface area contributed by atoms with Crippen LogP contribution >= 0.6 is 0 Å². The molecular formula is C25H20F2N2O5. The summed E-state index contributed by atoms with van der Waals surface area (Å²) in [5.41, 5.74) is 3.37. The molecule has 0 radical (unpaired) electrons. The molecule has 3 aromatic rings. The highest BCUT2D eigenvalue weighted by atomic mass is 19.2. The fraction of sp³-hybridized carbons (Fsp3) is 0.160. The Morgan fingerprint density at radius 2 is 1.50 bits per heavy atom. The van der Waals surface area contributed by atoms with E-state index in [4.69, 9.17) is 9.84 Å². The summed E-state index contributed by atoms with van der Waals surface area (Å²) >= 11 is 0. The number of carbonyl (C=O) groups excluding carboxylic acids is 2. The van der Waals surface area contributed by atoms with Crippen LogP contribution in [0, 0.1) is 11.6 Å². The smallest absolute Gasteiger partial charge is 0.407 e. The maximum absolute atomic E-state index is 13.4. The van der Waals surface area contributed by atoms with Crippen molar-refractivity contribution in [2.75, 3.05) is 18.5 Å². The Kier molecular flexibility index (Phi) is 6.53. The molecule has 3 N–H and O–H groups in total. The van der Waals surface area contributed by atoms with Gasteiger partial charge in [-0.1, -0.05) is 48.5 Å². The predicted molar refractivity (Wildman–Crippen MR) is 120 cm³/mol. The maximum atomic E-state index is 13.4. The number of hydrogen-bond donors (Lipinski definition) is 3. The minimum Gasteiger partial charge on any atom is -0.478 e. The Morgan fingerprint density at radius 1 is 0.912 bits per heavy atom. The molecule has 0 heterocycles. The van der Waals surface area contributed by atoms with Crippen LogP contribution in [0.3, 0.4) is 0 Å². The van der Waals surface area contributed by atoms with E-state index in [9.17, 15) is 23.2 Å². The second-order valence-corrected chi connectivity index (χ2v) is 7.67. The number of carboxylic acid groups (broad SMARTS) is 1. The molecule has 174 valence electrons. The molecule has 0 spiro atoms. The van der Waals surface area contributed by atoms with Crippen molar-refractivity contribution in [3.8, 4) is 11.1 Å². The minimum atomic E-state index is -1.52. The third-order valence-electron chi connectivity index (χ3n) is 5.53. The van der Waals surface area contributed by atoms with Crippen LogP contribution in [0.2, 0.25) is 0 Å². The van der Waals surface area contributed by atoms with Crippen LogP contribution in [0.25, 0.3) is 11.1 Å². The van der Waals surface area contributed by atoms with Crippen LogP contribution in [-0.4, -0.2) is 36.2 Å². The molecule has 4 rings (SSSR count). The molecular weight excluding hydrogens is 446 g/mol. The Labute approximate surface area is 193 Å². The third-order valence-corrected chi connectivity index (χ3v) is 5.53. The minimum absolute atomic E-state index is 0.103. The van der Waals surface area contributed by atoms with Crippen molar-refractivity contribution in [2.24, 2.45) is 0 Å². The van der Waals surface area contributed by atoms with E-state index in [1.54, 1.807) is 0 Å². The topological polar surface area (TPSA) is 105 Å². The normalized spacial score (nSPS) is 11.9. The van der Waals surface area contributed by atoms with E-state index in [0.29, 0.717) is 12.1 Å². The lowest BCUT2D eigenvalue weighted by Crippen LogP contribution is -2.29. The number of benzene rings is 3.